The van der Waals surface area contributed by atoms with Crippen molar-refractivity contribution >= 4 is 5.82 Å². The van der Waals surface area contributed by atoms with Gasteiger partial charge in [-0.15, -0.1) is 0 Å². The maximum absolute atomic E-state index is 5.36. The van der Waals surface area contributed by atoms with Crippen LogP contribution in [0.3, 0.4) is 0 Å². The lowest BCUT2D eigenvalue weighted by molar-refractivity contribution is 0.940. The molecule has 0 radical (unpaired) electrons. The summed E-state index contributed by atoms with van der Waals surface area (Å²) < 4.78 is 0. The summed E-state index contributed by atoms with van der Waals surface area (Å²) in [6.07, 6.45) is 0.719. The molecule has 1 aromatic carbocycles. The molecule has 3 N–H and O–H groups in total. The molecule has 2 rings (SSSR count). The molecule has 1 aromatic heterocycles. The highest BCUT2D eigenvalue weighted by Gasteiger charge is 2.02. The van der Waals surface area contributed by atoms with Crippen LogP contribution in [0.4, 0.5) is 5.82 Å². The molecule has 0 atom stereocenters. The largest absolute Gasteiger partial charge is 0.308 e. The van der Waals surface area contributed by atoms with E-state index < -0.39 is 0 Å². The van der Waals surface area contributed by atoms with Crippen LogP contribution < -0.4 is 11.3 Å². The van der Waals surface area contributed by atoms with Crippen LogP contribution in [0.1, 0.15) is 22.6 Å². The first-order chi connectivity index (χ1) is 8.17. The fourth-order valence-corrected chi connectivity index (χ4v) is 1.67. The Labute approximate surface area is 101 Å². The Morgan fingerprint density at radius 3 is 2.47 bits per heavy atom. The number of nitrogens with one attached hydrogen (secondary N) is 1. The van der Waals surface area contributed by atoms with E-state index in [2.05, 4.69) is 46.6 Å². The van der Waals surface area contributed by atoms with Crippen molar-refractivity contribution in [1.29, 1.82) is 0 Å². The third-order valence-corrected chi connectivity index (χ3v) is 2.53. The first kappa shape index (κ1) is 11.5. The second kappa shape index (κ2) is 4.93. The Kier molecular flexibility index (Phi) is 3.35. The fraction of sp³-hybridized carbons (Fsp3) is 0.231. The Bertz CT molecular complexity index is 505. The van der Waals surface area contributed by atoms with Gasteiger partial charge in [0.1, 0.15) is 11.6 Å². The Balaban J connectivity index is 2.23. The van der Waals surface area contributed by atoms with Gasteiger partial charge >= 0.3 is 0 Å². The summed E-state index contributed by atoms with van der Waals surface area (Å²) in [6, 6.07) is 10.2. The molecule has 88 valence electrons. The average Bonchev–Trinajstić information content (AvgIpc) is 2.31. The Morgan fingerprint density at radius 1 is 1.12 bits per heavy atom. The number of hydrogen-bond donors (Lipinski definition) is 2. The smallest absolute Gasteiger partial charge is 0.143 e. The summed E-state index contributed by atoms with van der Waals surface area (Å²) in [5, 5.41) is 0. The van der Waals surface area contributed by atoms with Crippen LogP contribution >= 0.6 is 0 Å². The minimum atomic E-state index is 0.652. The molecular formula is C13H16N4. The summed E-state index contributed by atoms with van der Waals surface area (Å²) in [5.74, 6) is 6.79. The zero-order valence-electron chi connectivity index (χ0n) is 10.1. The maximum atomic E-state index is 5.36. The van der Waals surface area contributed by atoms with E-state index in [0.29, 0.717) is 5.82 Å². The topological polar surface area (TPSA) is 63.8 Å². The van der Waals surface area contributed by atoms with E-state index >= 15 is 0 Å². The van der Waals surface area contributed by atoms with Gasteiger partial charge in [-0.25, -0.2) is 15.8 Å². The van der Waals surface area contributed by atoms with Gasteiger partial charge in [-0.05, 0) is 19.4 Å². The number of anilines is 1. The molecule has 2 aromatic rings. The SMILES string of the molecule is Cc1ccc(Cc2nc(C)cc(NN)n2)cc1. The normalized spacial score (nSPS) is 10.3. The van der Waals surface area contributed by atoms with Crippen LogP contribution in [0.5, 0.6) is 0 Å². The highest BCUT2D eigenvalue weighted by molar-refractivity contribution is 5.35. The predicted octanol–water partition coefficient (Wildman–Crippen LogP) is 1.97. The van der Waals surface area contributed by atoms with Crippen LogP contribution in [0.15, 0.2) is 30.3 Å². The molecule has 4 heteroatoms. The number of nitrogens with zero attached hydrogens (tertiary/aromatic N) is 2. The monoisotopic (exact) mass is 228 g/mol. The van der Waals surface area contributed by atoms with E-state index in [0.717, 1.165) is 17.9 Å². The first-order valence-electron chi connectivity index (χ1n) is 5.54. The van der Waals surface area contributed by atoms with Crippen LogP contribution in [-0.2, 0) is 6.42 Å². The van der Waals surface area contributed by atoms with Crippen LogP contribution in [0, 0.1) is 13.8 Å². The number of rotatable bonds is 3. The molecular weight excluding hydrogens is 212 g/mol. The Morgan fingerprint density at radius 2 is 1.82 bits per heavy atom. The van der Waals surface area contributed by atoms with Gasteiger partial charge in [-0.2, -0.15) is 0 Å². The van der Waals surface area contributed by atoms with E-state index in [4.69, 9.17) is 5.84 Å². The summed E-state index contributed by atoms with van der Waals surface area (Å²) in [5.41, 5.74) is 5.92. The molecule has 0 amide bonds. The summed E-state index contributed by atoms with van der Waals surface area (Å²) in [7, 11) is 0. The van der Waals surface area contributed by atoms with Crippen molar-refractivity contribution in [3.05, 3.63) is 53.0 Å². The van der Waals surface area contributed by atoms with Crippen molar-refractivity contribution in [1.82, 2.24) is 9.97 Å². The average molecular weight is 228 g/mol. The lowest BCUT2D eigenvalue weighted by Crippen LogP contribution is -2.11. The summed E-state index contributed by atoms with van der Waals surface area (Å²) >= 11 is 0. The zero-order chi connectivity index (χ0) is 12.3. The molecule has 0 fully saturated rings. The molecule has 0 aliphatic rings. The van der Waals surface area contributed by atoms with E-state index in [1.54, 1.807) is 0 Å². The number of nitrogen functional groups attached to an aromatic ring is 1. The van der Waals surface area contributed by atoms with Gasteiger partial charge in [-0.1, -0.05) is 29.8 Å². The predicted molar refractivity (Wildman–Crippen MR) is 68.6 cm³/mol. The van der Waals surface area contributed by atoms with Crippen molar-refractivity contribution in [3.8, 4) is 0 Å². The van der Waals surface area contributed by atoms with E-state index in [9.17, 15) is 0 Å². The van der Waals surface area contributed by atoms with Gasteiger partial charge in [0.2, 0.25) is 0 Å². The standard InChI is InChI=1S/C13H16N4/c1-9-3-5-11(6-4-9)8-12-15-10(2)7-13(16-12)17-14/h3-7H,8,14H2,1-2H3,(H,15,16,17). The molecule has 0 aliphatic heterocycles. The minimum Gasteiger partial charge on any atom is -0.308 e. The zero-order valence-corrected chi connectivity index (χ0v) is 10.1. The van der Waals surface area contributed by atoms with Gasteiger partial charge < -0.3 is 5.43 Å². The highest BCUT2D eigenvalue weighted by atomic mass is 15.3. The molecule has 0 bridgehead atoms. The molecule has 0 saturated carbocycles. The van der Waals surface area contributed by atoms with Crippen LogP contribution in [0.25, 0.3) is 0 Å². The molecule has 0 saturated heterocycles. The van der Waals surface area contributed by atoms with Crippen LogP contribution in [0.2, 0.25) is 0 Å². The lowest BCUT2D eigenvalue weighted by atomic mass is 10.1. The van der Waals surface area contributed by atoms with Gasteiger partial charge in [-0.3, -0.25) is 0 Å². The highest BCUT2D eigenvalue weighted by Crippen LogP contribution is 2.10. The van der Waals surface area contributed by atoms with Gasteiger partial charge in [0.05, 0.1) is 0 Å². The second-order valence-electron chi connectivity index (χ2n) is 4.12. The van der Waals surface area contributed by atoms with Crippen molar-refractivity contribution < 1.29 is 0 Å². The van der Waals surface area contributed by atoms with Crippen molar-refractivity contribution in [3.63, 3.8) is 0 Å². The number of hydrogen-bond acceptors (Lipinski definition) is 4. The van der Waals surface area contributed by atoms with Crippen molar-refractivity contribution in [2.75, 3.05) is 5.43 Å². The molecule has 17 heavy (non-hydrogen) atoms. The van der Waals surface area contributed by atoms with Crippen molar-refractivity contribution in [2.24, 2.45) is 5.84 Å². The lowest BCUT2D eigenvalue weighted by Gasteiger charge is -2.05. The summed E-state index contributed by atoms with van der Waals surface area (Å²) in [4.78, 5) is 8.72. The molecule has 4 nitrogen and oxygen atoms in total. The molecule has 1 heterocycles. The molecule has 0 unspecified atom stereocenters. The number of aryl methyl sites for hydroxylation is 2. The van der Waals surface area contributed by atoms with Crippen molar-refractivity contribution in [2.45, 2.75) is 20.3 Å². The minimum absolute atomic E-state index is 0.652. The molecule has 0 aliphatic carbocycles. The van der Waals surface area contributed by atoms with Gasteiger partial charge in [0.15, 0.2) is 0 Å². The number of nitrogens with two attached hydrogens (primary N) is 1. The number of hydrazine groups is 1. The fourth-order valence-electron chi connectivity index (χ4n) is 1.67. The third kappa shape index (κ3) is 3.01. The Hall–Kier alpha value is -1.94. The molecule has 0 spiro atoms. The van der Waals surface area contributed by atoms with Gasteiger partial charge in [0.25, 0.3) is 0 Å². The number of aromatic nitrogens is 2. The van der Waals surface area contributed by atoms with E-state index in [-0.39, 0.29) is 0 Å². The van der Waals surface area contributed by atoms with E-state index in [1.165, 1.54) is 11.1 Å². The third-order valence-electron chi connectivity index (χ3n) is 2.53. The first-order valence-corrected chi connectivity index (χ1v) is 5.54. The maximum Gasteiger partial charge on any atom is 0.143 e. The van der Waals surface area contributed by atoms with E-state index in [1.807, 2.05) is 13.0 Å². The van der Waals surface area contributed by atoms with Crippen LogP contribution in [-0.4, -0.2) is 9.97 Å². The quantitative estimate of drug-likeness (QED) is 0.622. The number of benzene rings is 1. The summed E-state index contributed by atoms with van der Waals surface area (Å²) in [6.45, 7) is 4.00. The van der Waals surface area contributed by atoms with Gasteiger partial charge in [0, 0.05) is 18.2 Å². The second-order valence-corrected chi connectivity index (χ2v) is 4.12.